The first-order valence-electron chi connectivity index (χ1n) is 8.68. The molecular formula is C19H20N4O2S. The van der Waals surface area contributed by atoms with Crippen molar-refractivity contribution in [1.82, 2.24) is 9.88 Å². The number of carbonyl (C=O) groups is 2. The number of carbonyl (C=O) groups excluding carboxylic acids is 2. The number of aromatic nitrogens is 1. The zero-order valence-electron chi connectivity index (χ0n) is 14.4. The molecule has 1 aromatic carbocycles. The van der Waals surface area contributed by atoms with Gasteiger partial charge in [0.1, 0.15) is 11.6 Å². The monoisotopic (exact) mass is 368 g/mol. The molecular weight excluding hydrogens is 348 g/mol. The van der Waals surface area contributed by atoms with Crippen LogP contribution >= 0.6 is 11.8 Å². The van der Waals surface area contributed by atoms with Gasteiger partial charge in [0, 0.05) is 38.1 Å². The summed E-state index contributed by atoms with van der Waals surface area (Å²) in [7, 11) is 0. The summed E-state index contributed by atoms with van der Waals surface area (Å²) < 4.78 is 0. The van der Waals surface area contributed by atoms with Crippen LogP contribution in [0.3, 0.4) is 0 Å². The molecule has 0 saturated carbocycles. The molecule has 4 rings (SSSR count). The Morgan fingerprint density at radius 1 is 1.04 bits per heavy atom. The molecule has 0 atom stereocenters. The second kappa shape index (κ2) is 7.37. The maximum Gasteiger partial charge on any atom is 0.242 e. The number of hydrogen-bond acceptors (Lipinski definition) is 5. The van der Waals surface area contributed by atoms with Gasteiger partial charge >= 0.3 is 0 Å². The number of pyridine rings is 1. The lowest BCUT2D eigenvalue weighted by molar-refractivity contribution is -0.131. The SMILES string of the molecule is O=C(CN1C(=O)CSc2ncccc21)N1CCN(c2ccccc2)CC1. The average Bonchev–Trinajstić information content (AvgIpc) is 2.71. The fourth-order valence-corrected chi connectivity index (χ4v) is 4.18. The molecule has 1 aromatic heterocycles. The molecule has 1 saturated heterocycles. The average molecular weight is 368 g/mol. The summed E-state index contributed by atoms with van der Waals surface area (Å²) in [5.74, 6) is 0.290. The van der Waals surface area contributed by atoms with Crippen LogP contribution in [-0.2, 0) is 9.59 Å². The van der Waals surface area contributed by atoms with Crippen LogP contribution in [0.5, 0.6) is 0 Å². The van der Waals surface area contributed by atoms with Gasteiger partial charge in [-0.2, -0.15) is 0 Å². The zero-order chi connectivity index (χ0) is 17.9. The highest BCUT2D eigenvalue weighted by atomic mass is 32.2. The fraction of sp³-hybridized carbons (Fsp3) is 0.316. The summed E-state index contributed by atoms with van der Waals surface area (Å²) in [5, 5.41) is 0.814. The van der Waals surface area contributed by atoms with E-state index >= 15 is 0 Å². The van der Waals surface area contributed by atoms with Gasteiger partial charge in [-0.3, -0.25) is 14.5 Å². The van der Waals surface area contributed by atoms with Gasteiger partial charge in [-0.15, -0.1) is 0 Å². The van der Waals surface area contributed by atoms with Crippen molar-refractivity contribution in [3.63, 3.8) is 0 Å². The van der Waals surface area contributed by atoms with Crippen LogP contribution in [-0.4, -0.2) is 60.2 Å². The van der Waals surface area contributed by atoms with E-state index in [9.17, 15) is 9.59 Å². The van der Waals surface area contributed by atoms with Crippen LogP contribution in [0.1, 0.15) is 0 Å². The number of thioether (sulfide) groups is 1. The molecule has 0 aliphatic carbocycles. The molecule has 7 heteroatoms. The van der Waals surface area contributed by atoms with E-state index in [1.54, 1.807) is 17.2 Å². The predicted octanol–water partition coefficient (Wildman–Crippen LogP) is 1.87. The van der Waals surface area contributed by atoms with Crippen molar-refractivity contribution >= 4 is 35.0 Å². The van der Waals surface area contributed by atoms with E-state index in [2.05, 4.69) is 22.0 Å². The van der Waals surface area contributed by atoms with Gasteiger partial charge in [-0.1, -0.05) is 30.0 Å². The molecule has 2 aromatic rings. The summed E-state index contributed by atoms with van der Waals surface area (Å²) in [5.41, 5.74) is 1.92. The van der Waals surface area contributed by atoms with E-state index in [-0.39, 0.29) is 18.4 Å². The van der Waals surface area contributed by atoms with Gasteiger partial charge < -0.3 is 9.80 Å². The Balaban J connectivity index is 1.40. The van der Waals surface area contributed by atoms with E-state index in [0.29, 0.717) is 18.8 Å². The Bertz CT molecular complexity index is 806. The number of hydrogen-bond donors (Lipinski definition) is 0. The van der Waals surface area contributed by atoms with Crippen LogP contribution in [0.2, 0.25) is 0 Å². The lowest BCUT2D eigenvalue weighted by Crippen LogP contribution is -2.52. The number of piperazine rings is 1. The van der Waals surface area contributed by atoms with Crippen LogP contribution in [0.15, 0.2) is 53.7 Å². The first kappa shape index (κ1) is 16.9. The number of fused-ring (bicyclic) bond motifs is 1. The van der Waals surface area contributed by atoms with E-state index in [1.165, 1.54) is 17.4 Å². The van der Waals surface area contributed by atoms with Gasteiger partial charge in [-0.25, -0.2) is 4.98 Å². The van der Waals surface area contributed by atoms with Gasteiger partial charge in [0.05, 0.1) is 11.4 Å². The minimum atomic E-state index is -0.0354. The first-order chi connectivity index (χ1) is 12.7. The Kier molecular flexibility index (Phi) is 4.79. The summed E-state index contributed by atoms with van der Waals surface area (Å²) in [6, 6.07) is 13.9. The molecule has 1 fully saturated rings. The molecule has 0 unspecified atom stereocenters. The molecule has 0 spiro atoms. The van der Waals surface area contributed by atoms with E-state index in [0.717, 1.165) is 23.8 Å². The maximum absolute atomic E-state index is 12.8. The predicted molar refractivity (Wildman–Crippen MR) is 103 cm³/mol. The maximum atomic E-state index is 12.8. The number of amides is 2. The minimum absolute atomic E-state index is 0.00670. The number of anilines is 2. The molecule has 26 heavy (non-hydrogen) atoms. The normalized spacial score (nSPS) is 17.2. The van der Waals surface area contributed by atoms with Crippen LogP contribution in [0.4, 0.5) is 11.4 Å². The highest BCUT2D eigenvalue weighted by Crippen LogP contribution is 2.32. The molecule has 2 aliphatic rings. The first-order valence-corrected chi connectivity index (χ1v) is 9.67. The lowest BCUT2D eigenvalue weighted by Gasteiger charge is -2.37. The number of rotatable bonds is 3. The second-order valence-electron chi connectivity index (χ2n) is 6.30. The van der Waals surface area contributed by atoms with E-state index in [4.69, 9.17) is 0 Å². The quantitative estimate of drug-likeness (QED) is 0.828. The number of benzene rings is 1. The molecule has 3 heterocycles. The third-order valence-electron chi connectivity index (χ3n) is 4.72. The Labute approximate surface area is 156 Å². The number of nitrogens with zero attached hydrogens (tertiary/aromatic N) is 4. The Morgan fingerprint density at radius 2 is 1.81 bits per heavy atom. The van der Waals surface area contributed by atoms with Gasteiger partial charge in [0.15, 0.2) is 0 Å². The molecule has 0 radical (unpaired) electrons. The number of para-hydroxylation sites is 1. The van der Waals surface area contributed by atoms with Crippen molar-refractivity contribution < 1.29 is 9.59 Å². The summed E-state index contributed by atoms with van der Waals surface area (Å²) in [6.07, 6.45) is 1.71. The van der Waals surface area contributed by atoms with Crippen LogP contribution < -0.4 is 9.80 Å². The molecule has 2 amide bonds. The summed E-state index contributed by atoms with van der Waals surface area (Å²) >= 11 is 1.43. The zero-order valence-corrected chi connectivity index (χ0v) is 15.2. The van der Waals surface area contributed by atoms with Crippen molar-refractivity contribution in [2.24, 2.45) is 0 Å². The largest absolute Gasteiger partial charge is 0.368 e. The van der Waals surface area contributed by atoms with Crippen molar-refractivity contribution in [1.29, 1.82) is 0 Å². The van der Waals surface area contributed by atoms with Crippen LogP contribution in [0.25, 0.3) is 0 Å². The Hall–Kier alpha value is -2.54. The second-order valence-corrected chi connectivity index (χ2v) is 7.26. The molecule has 0 N–H and O–H groups in total. The summed E-state index contributed by atoms with van der Waals surface area (Å²) in [6.45, 7) is 3.04. The van der Waals surface area contributed by atoms with Crippen molar-refractivity contribution in [3.05, 3.63) is 48.7 Å². The van der Waals surface area contributed by atoms with Crippen molar-refractivity contribution in [3.8, 4) is 0 Å². The topological polar surface area (TPSA) is 56.8 Å². The van der Waals surface area contributed by atoms with Crippen LogP contribution in [0, 0.1) is 0 Å². The molecule has 0 bridgehead atoms. The molecule has 134 valence electrons. The van der Waals surface area contributed by atoms with Crippen molar-refractivity contribution in [2.45, 2.75) is 5.03 Å². The third-order valence-corrected chi connectivity index (χ3v) is 5.70. The third kappa shape index (κ3) is 3.39. The standard InChI is InChI=1S/C19H20N4O2S/c24-17(13-23-16-7-4-8-20-19(16)26-14-18(23)25)22-11-9-21(10-12-22)15-5-2-1-3-6-15/h1-8H,9-14H2. The van der Waals surface area contributed by atoms with Crippen molar-refractivity contribution in [2.75, 3.05) is 48.3 Å². The smallest absolute Gasteiger partial charge is 0.242 e. The fourth-order valence-electron chi connectivity index (χ4n) is 3.30. The molecule has 2 aliphatic heterocycles. The highest BCUT2D eigenvalue weighted by molar-refractivity contribution is 8.00. The van der Waals surface area contributed by atoms with E-state index in [1.807, 2.05) is 29.2 Å². The van der Waals surface area contributed by atoms with Gasteiger partial charge in [0.2, 0.25) is 11.8 Å². The van der Waals surface area contributed by atoms with Gasteiger partial charge in [-0.05, 0) is 24.3 Å². The minimum Gasteiger partial charge on any atom is -0.368 e. The van der Waals surface area contributed by atoms with Gasteiger partial charge in [0.25, 0.3) is 0 Å². The molecule has 6 nitrogen and oxygen atoms in total. The summed E-state index contributed by atoms with van der Waals surface area (Å²) in [4.78, 5) is 35.1. The lowest BCUT2D eigenvalue weighted by atomic mass is 10.2. The Morgan fingerprint density at radius 3 is 2.58 bits per heavy atom. The highest BCUT2D eigenvalue weighted by Gasteiger charge is 2.29. The van der Waals surface area contributed by atoms with E-state index < -0.39 is 0 Å².